The van der Waals surface area contributed by atoms with Crippen LogP contribution >= 0.6 is 22.9 Å². The first-order valence-corrected chi connectivity index (χ1v) is 14.9. The van der Waals surface area contributed by atoms with Crippen LogP contribution in [0.3, 0.4) is 0 Å². The standard InChI is InChI=1S/C32H35ClN2O3S/c1-32(2,3)18-25(36)35-28(22-8-5-4-6-9-22)27(30(37)24-10-7-17-39-24)26(21-13-15-23(33)16-14-21)29(35)31(38)34-19-20-11-12-20/h4-10,13-17,20,26-29H,11-12,18-19H2,1-3H3,(H,34,38). The highest BCUT2D eigenvalue weighted by atomic mass is 35.5. The van der Waals surface area contributed by atoms with Crippen LogP contribution in [0.2, 0.25) is 5.02 Å². The van der Waals surface area contributed by atoms with Gasteiger partial charge in [-0.3, -0.25) is 14.4 Å². The molecule has 1 aliphatic heterocycles. The van der Waals surface area contributed by atoms with Crippen LogP contribution in [0.1, 0.15) is 72.8 Å². The van der Waals surface area contributed by atoms with Gasteiger partial charge in [0, 0.05) is 23.9 Å². The number of thiophene rings is 1. The molecule has 1 aromatic heterocycles. The number of hydrogen-bond donors (Lipinski definition) is 1. The molecule has 1 saturated carbocycles. The third kappa shape index (κ3) is 6.12. The zero-order chi connectivity index (χ0) is 27.7. The number of likely N-dealkylation sites (tertiary alicyclic amines) is 1. The molecule has 2 amide bonds. The number of nitrogens with one attached hydrogen (secondary N) is 1. The molecular formula is C32H35ClN2O3S. The van der Waals surface area contributed by atoms with Gasteiger partial charge in [0.1, 0.15) is 6.04 Å². The second-order valence-electron chi connectivity index (χ2n) is 12.0. The van der Waals surface area contributed by atoms with Gasteiger partial charge in [0.2, 0.25) is 11.8 Å². The van der Waals surface area contributed by atoms with Crippen LogP contribution in [0.25, 0.3) is 0 Å². The SMILES string of the molecule is CC(C)(C)CC(=O)N1C(C(=O)NCC2CC2)C(c2ccc(Cl)cc2)C(C(=O)c2cccs2)C1c1ccccc1. The Balaban J connectivity index is 1.70. The number of rotatable bonds is 8. The Hall–Kier alpha value is -2.96. The second-order valence-corrected chi connectivity index (χ2v) is 13.4. The largest absolute Gasteiger partial charge is 0.354 e. The maximum Gasteiger partial charge on any atom is 0.243 e. The second kappa shape index (κ2) is 11.3. The molecule has 1 aliphatic carbocycles. The van der Waals surface area contributed by atoms with E-state index >= 15 is 0 Å². The van der Waals surface area contributed by atoms with E-state index in [0.29, 0.717) is 22.4 Å². The number of carbonyl (C=O) groups excluding carboxylic acids is 3. The third-order valence-corrected chi connectivity index (χ3v) is 8.77. The van der Waals surface area contributed by atoms with E-state index in [1.165, 1.54) is 11.3 Å². The lowest BCUT2D eigenvalue weighted by Crippen LogP contribution is -2.49. The molecule has 0 bridgehead atoms. The van der Waals surface area contributed by atoms with Gasteiger partial charge < -0.3 is 10.2 Å². The van der Waals surface area contributed by atoms with E-state index in [9.17, 15) is 14.4 Å². The predicted octanol–water partition coefficient (Wildman–Crippen LogP) is 6.90. The number of amides is 2. The smallest absolute Gasteiger partial charge is 0.243 e. The van der Waals surface area contributed by atoms with Crippen molar-refractivity contribution in [3.63, 3.8) is 0 Å². The number of benzene rings is 2. The normalized spacial score (nSPS) is 23.0. The molecule has 2 aromatic carbocycles. The lowest BCUT2D eigenvalue weighted by molar-refractivity contribution is -0.142. The van der Waals surface area contributed by atoms with Crippen LogP contribution in [0, 0.1) is 17.3 Å². The summed E-state index contributed by atoms with van der Waals surface area (Å²) >= 11 is 7.65. The van der Waals surface area contributed by atoms with E-state index in [-0.39, 0.29) is 29.4 Å². The quantitative estimate of drug-likeness (QED) is 0.304. The van der Waals surface area contributed by atoms with E-state index in [0.717, 1.165) is 24.0 Å². The molecule has 39 heavy (non-hydrogen) atoms. The van der Waals surface area contributed by atoms with Gasteiger partial charge in [-0.1, -0.05) is 80.9 Å². The Morgan fingerprint density at radius 3 is 2.23 bits per heavy atom. The Morgan fingerprint density at radius 2 is 1.64 bits per heavy atom. The molecule has 3 aromatic rings. The summed E-state index contributed by atoms with van der Waals surface area (Å²) in [5.74, 6) is -1.07. The van der Waals surface area contributed by atoms with Crippen molar-refractivity contribution in [2.24, 2.45) is 17.3 Å². The van der Waals surface area contributed by atoms with Gasteiger partial charge >= 0.3 is 0 Å². The van der Waals surface area contributed by atoms with Crippen molar-refractivity contribution in [1.82, 2.24) is 10.2 Å². The van der Waals surface area contributed by atoms with E-state index in [1.807, 2.05) is 80.7 Å². The van der Waals surface area contributed by atoms with Gasteiger partial charge in [-0.25, -0.2) is 0 Å². The van der Waals surface area contributed by atoms with E-state index in [1.54, 1.807) is 17.0 Å². The fourth-order valence-electron chi connectivity index (χ4n) is 5.71. The minimum atomic E-state index is -0.834. The maximum atomic E-state index is 14.4. The molecule has 4 atom stereocenters. The average molecular weight is 563 g/mol. The number of Topliss-reactive ketones (excluding diaryl/α,β-unsaturated/α-hetero) is 1. The molecule has 0 spiro atoms. The summed E-state index contributed by atoms with van der Waals surface area (Å²) in [5, 5.41) is 5.61. The molecule has 5 rings (SSSR count). The maximum absolute atomic E-state index is 14.4. The Bertz CT molecular complexity index is 1310. The van der Waals surface area contributed by atoms with Crippen molar-refractivity contribution in [1.29, 1.82) is 0 Å². The predicted molar refractivity (Wildman–Crippen MR) is 156 cm³/mol. The molecule has 4 unspecified atom stereocenters. The first-order chi connectivity index (χ1) is 18.6. The lowest BCUT2D eigenvalue weighted by atomic mass is 9.77. The van der Waals surface area contributed by atoms with Crippen molar-refractivity contribution in [2.45, 2.75) is 58.0 Å². The Labute approximate surface area is 239 Å². The number of halogens is 1. The Morgan fingerprint density at radius 1 is 0.949 bits per heavy atom. The van der Waals surface area contributed by atoms with Crippen molar-refractivity contribution in [3.05, 3.63) is 93.1 Å². The minimum absolute atomic E-state index is 0.0511. The van der Waals surface area contributed by atoms with Crippen LogP contribution in [-0.4, -0.2) is 35.1 Å². The number of ketones is 1. The monoisotopic (exact) mass is 562 g/mol. The van der Waals surface area contributed by atoms with Gasteiger partial charge in [0.25, 0.3) is 0 Å². The molecule has 1 saturated heterocycles. The summed E-state index contributed by atoms with van der Waals surface area (Å²) in [6, 6.07) is 19.3. The van der Waals surface area contributed by atoms with Crippen LogP contribution in [-0.2, 0) is 9.59 Å². The van der Waals surface area contributed by atoms with E-state index in [4.69, 9.17) is 11.6 Å². The zero-order valence-electron chi connectivity index (χ0n) is 22.6. The molecule has 2 aliphatic rings. The van der Waals surface area contributed by atoms with Gasteiger partial charge in [0.15, 0.2) is 5.78 Å². The van der Waals surface area contributed by atoms with E-state index in [2.05, 4.69) is 5.32 Å². The summed E-state index contributed by atoms with van der Waals surface area (Å²) in [7, 11) is 0. The summed E-state index contributed by atoms with van der Waals surface area (Å²) in [5.41, 5.74) is 1.39. The van der Waals surface area contributed by atoms with E-state index < -0.39 is 23.9 Å². The van der Waals surface area contributed by atoms with Crippen molar-refractivity contribution < 1.29 is 14.4 Å². The molecule has 2 fully saturated rings. The van der Waals surface area contributed by atoms with Crippen LogP contribution in [0.5, 0.6) is 0 Å². The third-order valence-electron chi connectivity index (χ3n) is 7.63. The highest BCUT2D eigenvalue weighted by molar-refractivity contribution is 7.12. The summed E-state index contributed by atoms with van der Waals surface area (Å²) in [4.78, 5) is 45.0. The minimum Gasteiger partial charge on any atom is -0.354 e. The molecule has 7 heteroatoms. The zero-order valence-corrected chi connectivity index (χ0v) is 24.2. The molecule has 2 heterocycles. The lowest BCUT2D eigenvalue weighted by Gasteiger charge is -2.33. The first kappa shape index (κ1) is 27.6. The summed E-state index contributed by atoms with van der Waals surface area (Å²) in [6.07, 6.45) is 2.46. The van der Waals surface area contributed by atoms with Gasteiger partial charge in [-0.05, 0) is 58.9 Å². The fraction of sp³-hybridized carbons (Fsp3) is 0.406. The first-order valence-electron chi connectivity index (χ1n) is 13.6. The van der Waals surface area contributed by atoms with Crippen molar-refractivity contribution in [2.75, 3.05) is 6.54 Å². The molecule has 1 N–H and O–H groups in total. The molecule has 204 valence electrons. The summed E-state index contributed by atoms with van der Waals surface area (Å²) in [6.45, 7) is 6.65. The number of hydrogen-bond acceptors (Lipinski definition) is 4. The van der Waals surface area contributed by atoms with Crippen LogP contribution in [0.15, 0.2) is 72.1 Å². The van der Waals surface area contributed by atoms with Gasteiger partial charge in [-0.15, -0.1) is 11.3 Å². The number of carbonyl (C=O) groups is 3. The van der Waals surface area contributed by atoms with Gasteiger partial charge in [0.05, 0.1) is 16.8 Å². The van der Waals surface area contributed by atoms with Crippen molar-refractivity contribution in [3.8, 4) is 0 Å². The fourth-order valence-corrected chi connectivity index (χ4v) is 6.55. The molecule has 0 radical (unpaired) electrons. The highest BCUT2D eigenvalue weighted by Gasteiger charge is 2.57. The molecular weight excluding hydrogens is 528 g/mol. The Kier molecular flexibility index (Phi) is 7.97. The number of nitrogens with zero attached hydrogens (tertiary/aromatic N) is 1. The highest BCUT2D eigenvalue weighted by Crippen LogP contribution is 2.52. The molecule has 5 nitrogen and oxygen atoms in total. The van der Waals surface area contributed by atoms with Crippen molar-refractivity contribution >= 4 is 40.5 Å². The van der Waals surface area contributed by atoms with Crippen LogP contribution in [0.4, 0.5) is 0 Å². The summed E-state index contributed by atoms with van der Waals surface area (Å²) < 4.78 is 0. The topological polar surface area (TPSA) is 66.5 Å². The average Bonchev–Trinajstić information content (AvgIpc) is 3.42. The van der Waals surface area contributed by atoms with Crippen LogP contribution < -0.4 is 5.32 Å². The van der Waals surface area contributed by atoms with Gasteiger partial charge in [-0.2, -0.15) is 0 Å².